The maximum Gasteiger partial charge on any atom is 0.223 e. The Morgan fingerprint density at radius 3 is 2.60 bits per heavy atom. The first kappa shape index (κ1) is 17.1. The van der Waals surface area contributed by atoms with Crippen LogP contribution in [0, 0.1) is 5.92 Å². The topological polar surface area (TPSA) is 87.2 Å². The molecule has 7 heteroatoms. The van der Waals surface area contributed by atoms with Crippen molar-refractivity contribution in [1.82, 2.24) is 20.6 Å². The van der Waals surface area contributed by atoms with Crippen LogP contribution in [0.3, 0.4) is 0 Å². The lowest BCUT2D eigenvalue weighted by molar-refractivity contribution is -0.126. The van der Waals surface area contributed by atoms with Crippen LogP contribution in [0.5, 0.6) is 0 Å². The molecule has 0 saturated carbocycles. The minimum atomic E-state index is -0.0837. The average Bonchev–Trinajstić information content (AvgIpc) is 2.64. The average molecular weight is 341 g/mol. The lowest BCUT2D eigenvalue weighted by Crippen LogP contribution is -2.42. The molecule has 1 saturated heterocycles. The van der Waals surface area contributed by atoms with Crippen LogP contribution in [0.25, 0.3) is 10.9 Å². The summed E-state index contributed by atoms with van der Waals surface area (Å²) in [4.78, 5) is 34.0. The Bertz CT molecular complexity index is 751. The maximum absolute atomic E-state index is 12.2. The molecule has 0 atom stereocenters. The molecule has 1 aliphatic heterocycles. The first-order valence-corrected chi connectivity index (χ1v) is 8.62. The van der Waals surface area contributed by atoms with E-state index in [2.05, 4.69) is 25.5 Å². The number of para-hydroxylation sites is 1. The first-order chi connectivity index (χ1) is 12.1. The zero-order valence-corrected chi connectivity index (χ0v) is 14.4. The van der Waals surface area contributed by atoms with E-state index in [0.717, 1.165) is 42.7 Å². The van der Waals surface area contributed by atoms with Crippen molar-refractivity contribution < 1.29 is 9.59 Å². The molecule has 0 spiro atoms. The number of anilines is 1. The molecular formula is C18H23N5O2. The maximum atomic E-state index is 12.2. The van der Waals surface area contributed by atoms with Crippen molar-refractivity contribution in [1.29, 1.82) is 0 Å². The fourth-order valence-electron chi connectivity index (χ4n) is 3.16. The van der Waals surface area contributed by atoms with Gasteiger partial charge >= 0.3 is 0 Å². The summed E-state index contributed by atoms with van der Waals surface area (Å²) < 4.78 is 0. The molecule has 3 rings (SSSR count). The molecule has 1 aromatic carbocycles. The number of hydrogen-bond donors (Lipinski definition) is 2. The van der Waals surface area contributed by atoms with Crippen molar-refractivity contribution in [2.75, 3.05) is 31.1 Å². The van der Waals surface area contributed by atoms with Gasteiger partial charge < -0.3 is 15.5 Å². The smallest absolute Gasteiger partial charge is 0.223 e. The van der Waals surface area contributed by atoms with E-state index in [0.29, 0.717) is 13.1 Å². The van der Waals surface area contributed by atoms with Gasteiger partial charge in [-0.3, -0.25) is 9.59 Å². The van der Waals surface area contributed by atoms with Gasteiger partial charge in [-0.05, 0) is 25.0 Å². The summed E-state index contributed by atoms with van der Waals surface area (Å²) in [7, 11) is 0. The van der Waals surface area contributed by atoms with Gasteiger partial charge in [0.15, 0.2) is 0 Å². The number of nitrogens with zero attached hydrogens (tertiary/aromatic N) is 3. The second kappa shape index (κ2) is 7.92. The number of piperidine rings is 1. The third kappa shape index (κ3) is 4.23. The molecule has 2 aromatic rings. The molecule has 132 valence electrons. The monoisotopic (exact) mass is 341 g/mol. The van der Waals surface area contributed by atoms with Crippen LogP contribution in [0.1, 0.15) is 19.8 Å². The Balaban J connectivity index is 1.55. The highest BCUT2D eigenvalue weighted by Gasteiger charge is 2.26. The molecule has 0 bridgehead atoms. The number of fused-ring (bicyclic) bond motifs is 1. The molecule has 0 radical (unpaired) electrons. The molecule has 0 unspecified atom stereocenters. The van der Waals surface area contributed by atoms with Crippen molar-refractivity contribution >= 4 is 28.5 Å². The normalized spacial score (nSPS) is 15.2. The zero-order valence-electron chi connectivity index (χ0n) is 14.4. The highest BCUT2D eigenvalue weighted by atomic mass is 16.2. The molecule has 0 aliphatic carbocycles. The van der Waals surface area contributed by atoms with E-state index in [-0.39, 0.29) is 17.7 Å². The van der Waals surface area contributed by atoms with Gasteiger partial charge in [0.25, 0.3) is 0 Å². The summed E-state index contributed by atoms with van der Waals surface area (Å²) in [5.74, 6) is 0.939. The number of hydrogen-bond acceptors (Lipinski definition) is 5. The predicted octanol–water partition coefficient (Wildman–Crippen LogP) is 1.10. The number of aromatic nitrogens is 2. The highest BCUT2D eigenvalue weighted by Crippen LogP contribution is 2.27. The van der Waals surface area contributed by atoms with E-state index in [4.69, 9.17) is 0 Å². The largest absolute Gasteiger partial charge is 0.356 e. The lowest BCUT2D eigenvalue weighted by atomic mass is 9.95. The van der Waals surface area contributed by atoms with Crippen LogP contribution in [-0.2, 0) is 9.59 Å². The summed E-state index contributed by atoms with van der Waals surface area (Å²) in [5.41, 5.74) is 0.935. The summed E-state index contributed by atoms with van der Waals surface area (Å²) in [6, 6.07) is 7.97. The molecule has 1 aromatic heterocycles. The van der Waals surface area contributed by atoms with Gasteiger partial charge in [-0.2, -0.15) is 0 Å². The van der Waals surface area contributed by atoms with Gasteiger partial charge in [-0.25, -0.2) is 9.97 Å². The number of carbonyl (C=O) groups is 2. The first-order valence-electron chi connectivity index (χ1n) is 8.62. The Morgan fingerprint density at radius 1 is 1.12 bits per heavy atom. The SMILES string of the molecule is CC(=O)NCCNC(=O)C1CCN(c2ncnc3ccccc23)CC1. The van der Waals surface area contributed by atoms with Crippen LogP contribution >= 0.6 is 0 Å². The second-order valence-corrected chi connectivity index (χ2v) is 6.25. The molecular weight excluding hydrogens is 318 g/mol. The quantitative estimate of drug-likeness (QED) is 0.795. The molecule has 7 nitrogen and oxygen atoms in total. The number of amides is 2. The van der Waals surface area contributed by atoms with Gasteiger partial charge in [0.05, 0.1) is 5.52 Å². The Labute approximate surface area is 146 Å². The third-order valence-electron chi connectivity index (χ3n) is 4.49. The van der Waals surface area contributed by atoms with E-state index in [1.165, 1.54) is 6.92 Å². The van der Waals surface area contributed by atoms with Crippen molar-refractivity contribution in [2.24, 2.45) is 5.92 Å². The number of nitrogens with one attached hydrogen (secondary N) is 2. The number of carbonyl (C=O) groups excluding carboxylic acids is 2. The fraction of sp³-hybridized carbons (Fsp3) is 0.444. The minimum Gasteiger partial charge on any atom is -0.356 e. The summed E-state index contributed by atoms with van der Waals surface area (Å²) >= 11 is 0. The Hall–Kier alpha value is -2.70. The Kier molecular flexibility index (Phi) is 5.42. The summed E-state index contributed by atoms with van der Waals surface area (Å²) in [6.45, 7) is 3.99. The Morgan fingerprint density at radius 2 is 1.84 bits per heavy atom. The number of rotatable bonds is 5. The van der Waals surface area contributed by atoms with Crippen LogP contribution in [0.4, 0.5) is 5.82 Å². The van der Waals surface area contributed by atoms with Crippen LogP contribution < -0.4 is 15.5 Å². The van der Waals surface area contributed by atoms with Crippen LogP contribution in [0.2, 0.25) is 0 Å². The molecule has 25 heavy (non-hydrogen) atoms. The van der Waals surface area contributed by atoms with E-state index < -0.39 is 0 Å². The lowest BCUT2D eigenvalue weighted by Gasteiger charge is -2.32. The van der Waals surface area contributed by atoms with Gasteiger partial charge in [0.2, 0.25) is 11.8 Å². The van der Waals surface area contributed by atoms with Gasteiger partial charge in [-0.15, -0.1) is 0 Å². The van der Waals surface area contributed by atoms with Crippen molar-refractivity contribution in [3.05, 3.63) is 30.6 Å². The highest BCUT2D eigenvalue weighted by molar-refractivity contribution is 5.89. The number of benzene rings is 1. The summed E-state index contributed by atoms with van der Waals surface area (Å²) in [5, 5.41) is 6.61. The fourth-order valence-corrected chi connectivity index (χ4v) is 3.16. The molecule has 2 amide bonds. The summed E-state index contributed by atoms with van der Waals surface area (Å²) in [6.07, 6.45) is 3.19. The van der Waals surface area contributed by atoms with Crippen molar-refractivity contribution in [2.45, 2.75) is 19.8 Å². The van der Waals surface area contributed by atoms with E-state index in [9.17, 15) is 9.59 Å². The van der Waals surface area contributed by atoms with E-state index in [1.807, 2.05) is 24.3 Å². The predicted molar refractivity (Wildman–Crippen MR) is 96.2 cm³/mol. The molecule has 1 fully saturated rings. The van der Waals surface area contributed by atoms with E-state index >= 15 is 0 Å². The zero-order chi connectivity index (χ0) is 17.6. The molecule has 1 aliphatic rings. The van der Waals surface area contributed by atoms with Crippen molar-refractivity contribution in [3.8, 4) is 0 Å². The van der Waals surface area contributed by atoms with Crippen LogP contribution in [-0.4, -0.2) is 48.0 Å². The van der Waals surface area contributed by atoms with Gasteiger partial charge in [0, 0.05) is 44.4 Å². The van der Waals surface area contributed by atoms with Crippen molar-refractivity contribution in [3.63, 3.8) is 0 Å². The van der Waals surface area contributed by atoms with Gasteiger partial charge in [-0.1, -0.05) is 12.1 Å². The van der Waals surface area contributed by atoms with Crippen LogP contribution in [0.15, 0.2) is 30.6 Å². The second-order valence-electron chi connectivity index (χ2n) is 6.25. The van der Waals surface area contributed by atoms with E-state index in [1.54, 1.807) is 6.33 Å². The third-order valence-corrected chi connectivity index (χ3v) is 4.49. The minimum absolute atomic E-state index is 0.0154. The van der Waals surface area contributed by atoms with Gasteiger partial charge in [0.1, 0.15) is 12.1 Å². The standard InChI is InChI=1S/C18H23N5O2/c1-13(24)19-8-9-20-18(25)14-6-10-23(11-7-14)17-15-4-2-3-5-16(15)21-12-22-17/h2-5,12,14H,6-11H2,1H3,(H,19,24)(H,20,25). The molecule has 2 N–H and O–H groups in total. The molecule has 2 heterocycles.